The summed E-state index contributed by atoms with van der Waals surface area (Å²) in [6, 6.07) is 4.06. The van der Waals surface area contributed by atoms with Crippen LogP contribution in [0.25, 0.3) is 6.08 Å². The van der Waals surface area contributed by atoms with Crippen LogP contribution in [-0.4, -0.2) is 29.7 Å². The van der Waals surface area contributed by atoms with E-state index in [-0.39, 0.29) is 0 Å². The molecule has 1 rings (SSSR count). The molecule has 5 heteroatoms. The van der Waals surface area contributed by atoms with E-state index in [0.717, 1.165) is 18.2 Å². The molecule has 0 aromatic heterocycles. The van der Waals surface area contributed by atoms with E-state index in [1.807, 2.05) is 6.26 Å². The Kier molecular flexibility index (Phi) is 6.28. The number of hydrogen-bond acceptors (Lipinski definition) is 3. The van der Waals surface area contributed by atoms with Crippen LogP contribution in [0.2, 0.25) is 0 Å². The van der Waals surface area contributed by atoms with Crippen molar-refractivity contribution in [2.45, 2.75) is 6.42 Å². The van der Waals surface area contributed by atoms with Gasteiger partial charge in [0, 0.05) is 11.6 Å². The van der Waals surface area contributed by atoms with Gasteiger partial charge in [0.05, 0.1) is 6.61 Å². The molecule has 3 nitrogen and oxygen atoms in total. The fraction of sp³-hybridized carbons (Fsp3) is 0.308. The van der Waals surface area contributed by atoms with Crippen LogP contribution in [0.5, 0.6) is 5.75 Å². The number of hydrogen-bond donors (Lipinski definition) is 1. The summed E-state index contributed by atoms with van der Waals surface area (Å²) < 4.78 is 18.6. The van der Waals surface area contributed by atoms with E-state index in [4.69, 9.17) is 9.84 Å². The van der Waals surface area contributed by atoms with Crippen LogP contribution in [0.1, 0.15) is 12.0 Å². The van der Waals surface area contributed by atoms with Crippen LogP contribution in [-0.2, 0) is 4.79 Å². The van der Waals surface area contributed by atoms with Crippen molar-refractivity contribution < 1.29 is 19.0 Å². The lowest BCUT2D eigenvalue weighted by atomic mass is 10.2. The van der Waals surface area contributed by atoms with E-state index in [2.05, 4.69) is 0 Å². The van der Waals surface area contributed by atoms with Gasteiger partial charge in [-0.3, -0.25) is 0 Å². The van der Waals surface area contributed by atoms with Crippen molar-refractivity contribution in [2.24, 2.45) is 0 Å². The Bertz CT molecular complexity index is 432. The second-order valence-corrected chi connectivity index (χ2v) is 4.53. The summed E-state index contributed by atoms with van der Waals surface area (Å²) in [5.41, 5.74) is 0.432. The third kappa shape index (κ3) is 5.23. The number of rotatable bonds is 7. The molecule has 0 bridgehead atoms. The highest BCUT2D eigenvalue weighted by molar-refractivity contribution is 7.98. The predicted molar refractivity (Wildman–Crippen MR) is 71.6 cm³/mol. The molecular formula is C13H15FO3S. The quantitative estimate of drug-likeness (QED) is 0.611. The maximum Gasteiger partial charge on any atom is 0.328 e. The van der Waals surface area contributed by atoms with Gasteiger partial charge in [-0.1, -0.05) is 0 Å². The van der Waals surface area contributed by atoms with Crippen LogP contribution in [0, 0.1) is 5.82 Å². The lowest BCUT2D eigenvalue weighted by Crippen LogP contribution is -2.00. The first-order chi connectivity index (χ1) is 8.63. The van der Waals surface area contributed by atoms with Gasteiger partial charge >= 0.3 is 5.97 Å². The largest absolute Gasteiger partial charge is 0.493 e. The lowest BCUT2D eigenvalue weighted by Gasteiger charge is -2.08. The Morgan fingerprint density at radius 3 is 3.00 bits per heavy atom. The molecule has 18 heavy (non-hydrogen) atoms. The van der Waals surface area contributed by atoms with Gasteiger partial charge in [0.2, 0.25) is 0 Å². The Morgan fingerprint density at radius 2 is 2.33 bits per heavy atom. The first kappa shape index (κ1) is 14.6. The smallest absolute Gasteiger partial charge is 0.328 e. The summed E-state index contributed by atoms with van der Waals surface area (Å²) in [6.45, 7) is 0.528. The topological polar surface area (TPSA) is 46.5 Å². The minimum absolute atomic E-state index is 0.420. The molecular weight excluding hydrogens is 255 g/mol. The number of carbonyl (C=O) groups is 1. The zero-order valence-electron chi connectivity index (χ0n) is 10.1. The van der Waals surface area contributed by atoms with Gasteiger partial charge < -0.3 is 9.84 Å². The van der Waals surface area contributed by atoms with Gasteiger partial charge in [-0.05, 0) is 42.7 Å². The summed E-state index contributed by atoms with van der Waals surface area (Å²) >= 11 is 1.73. The highest BCUT2D eigenvalue weighted by Gasteiger charge is 2.03. The molecule has 0 saturated carbocycles. The van der Waals surface area contributed by atoms with E-state index in [1.54, 1.807) is 11.8 Å². The highest BCUT2D eigenvalue weighted by atomic mass is 32.2. The summed E-state index contributed by atoms with van der Waals surface area (Å²) in [6.07, 6.45) is 5.19. The van der Waals surface area contributed by atoms with Crippen LogP contribution < -0.4 is 4.74 Å². The summed E-state index contributed by atoms with van der Waals surface area (Å²) in [5, 5.41) is 8.56. The lowest BCUT2D eigenvalue weighted by molar-refractivity contribution is -0.131. The zero-order valence-corrected chi connectivity index (χ0v) is 10.9. The summed E-state index contributed by atoms with van der Waals surface area (Å²) in [4.78, 5) is 10.4. The first-order valence-electron chi connectivity index (χ1n) is 5.46. The molecule has 0 fully saturated rings. The third-order valence-electron chi connectivity index (χ3n) is 2.13. The molecule has 0 spiro atoms. The molecule has 0 heterocycles. The average molecular weight is 270 g/mol. The number of thioether (sulfide) groups is 1. The zero-order chi connectivity index (χ0) is 13.4. The van der Waals surface area contributed by atoms with Crippen molar-refractivity contribution in [3.05, 3.63) is 35.7 Å². The van der Waals surface area contributed by atoms with Crippen molar-refractivity contribution in [3.8, 4) is 5.75 Å². The predicted octanol–water partition coefficient (Wildman–Crippen LogP) is 3.06. The third-order valence-corrected chi connectivity index (χ3v) is 2.82. The van der Waals surface area contributed by atoms with E-state index in [1.165, 1.54) is 24.3 Å². The maximum absolute atomic E-state index is 13.1. The monoisotopic (exact) mass is 270 g/mol. The normalized spacial score (nSPS) is 10.8. The Hall–Kier alpha value is -1.49. The van der Waals surface area contributed by atoms with Gasteiger partial charge in [-0.2, -0.15) is 11.8 Å². The summed E-state index contributed by atoms with van der Waals surface area (Å²) in [5.74, 6) is -0.0132. The Labute approximate surface area is 110 Å². The fourth-order valence-corrected chi connectivity index (χ4v) is 1.73. The van der Waals surface area contributed by atoms with Crippen molar-refractivity contribution in [1.82, 2.24) is 0 Å². The fourth-order valence-electron chi connectivity index (χ4n) is 1.33. The van der Waals surface area contributed by atoms with Crippen molar-refractivity contribution in [1.29, 1.82) is 0 Å². The Balaban J connectivity index is 2.73. The minimum Gasteiger partial charge on any atom is -0.493 e. The molecule has 0 radical (unpaired) electrons. The van der Waals surface area contributed by atoms with Gasteiger partial charge in [-0.15, -0.1) is 0 Å². The number of carboxylic acid groups (broad SMARTS) is 1. The molecule has 1 N–H and O–H groups in total. The molecule has 0 aliphatic carbocycles. The van der Waals surface area contributed by atoms with Crippen molar-refractivity contribution in [2.75, 3.05) is 18.6 Å². The van der Waals surface area contributed by atoms with E-state index < -0.39 is 11.8 Å². The minimum atomic E-state index is -1.08. The maximum atomic E-state index is 13.1. The molecule has 0 unspecified atom stereocenters. The molecule has 98 valence electrons. The number of aliphatic carboxylic acids is 1. The molecule has 0 saturated heterocycles. The second kappa shape index (κ2) is 7.76. The van der Waals surface area contributed by atoms with Crippen LogP contribution in [0.15, 0.2) is 24.3 Å². The van der Waals surface area contributed by atoms with Crippen LogP contribution >= 0.6 is 11.8 Å². The van der Waals surface area contributed by atoms with Gasteiger partial charge in [0.15, 0.2) is 0 Å². The van der Waals surface area contributed by atoms with Crippen LogP contribution in [0.4, 0.5) is 4.39 Å². The first-order valence-corrected chi connectivity index (χ1v) is 6.85. The second-order valence-electron chi connectivity index (χ2n) is 3.55. The number of carboxylic acids is 1. The van der Waals surface area contributed by atoms with E-state index in [0.29, 0.717) is 17.9 Å². The molecule has 1 aromatic rings. The van der Waals surface area contributed by atoms with Gasteiger partial charge in [0.1, 0.15) is 11.6 Å². The summed E-state index contributed by atoms with van der Waals surface area (Å²) in [7, 11) is 0. The molecule has 0 amide bonds. The average Bonchev–Trinajstić information content (AvgIpc) is 2.34. The highest BCUT2D eigenvalue weighted by Crippen LogP contribution is 2.21. The van der Waals surface area contributed by atoms with E-state index >= 15 is 0 Å². The SMILES string of the molecule is CSCCCOc1ccc(F)cc1/C=C/C(=O)O. The van der Waals surface area contributed by atoms with E-state index in [9.17, 15) is 9.18 Å². The van der Waals surface area contributed by atoms with Gasteiger partial charge in [-0.25, -0.2) is 9.18 Å². The van der Waals surface area contributed by atoms with Crippen molar-refractivity contribution >= 4 is 23.8 Å². The molecule has 0 aliphatic heterocycles. The number of halogens is 1. The number of benzene rings is 1. The molecule has 0 aliphatic rings. The number of ether oxygens (including phenoxy) is 1. The molecule has 0 atom stereocenters. The van der Waals surface area contributed by atoms with Crippen LogP contribution in [0.3, 0.4) is 0 Å². The van der Waals surface area contributed by atoms with Crippen molar-refractivity contribution in [3.63, 3.8) is 0 Å². The molecule has 1 aromatic carbocycles. The standard InChI is InChI=1S/C13H15FO3S/c1-18-8-2-7-17-12-5-4-11(14)9-10(12)3-6-13(15)16/h3-6,9H,2,7-8H2,1H3,(H,15,16)/b6-3+. The van der Waals surface area contributed by atoms with Gasteiger partial charge in [0.25, 0.3) is 0 Å². The Morgan fingerprint density at radius 1 is 1.56 bits per heavy atom.